The number of carbonyl (C=O) groups is 1. The quantitative estimate of drug-likeness (QED) is 0.732. The van der Waals surface area contributed by atoms with Crippen molar-refractivity contribution in [1.82, 2.24) is 5.32 Å². The molecule has 0 aliphatic heterocycles. The molecule has 2 nitrogen and oxygen atoms in total. The molecule has 1 rings (SSSR count). The van der Waals surface area contributed by atoms with E-state index in [1.165, 1.54) is 0 Å². The maximum absolute atomic E-state index is 11.5. The summed E-state index contributed by atoms with van der Waals surface area (Å²) in [5.74, 6) is 0.0879. The molecule has 0 heterocycles. The molecule has 80 valence electrons. The van der Waals surface area contributed by atoms with Gasteiger partial charge in [0.1, 0.15) is 0 Å². The number of hydrogen-bond acceptors (Lipinski definition) is 1. The fourth-order valence-corrected chi connectivity index (χ4v) is 1.32. The van der Waals surface area contributed by atoms with Gasteiger partial charge in [0.2, 0.25) is 5.91 Å². The Labute approximate surface area is 91.0 Å². The molecule has 0 saturated carbocycles. The number of benzene rings is 1. The van der Waals surface area contributed by atoms with Crippen molar-refractivity contribution in [3.8, 4) is 0 Å². The average Bonchev–Trinajstić information content (AvgIpc) is 2.27. The Bertz CT molecular complexity index is 319. The van der Waals surface area contributed by atoms with Crippen molar-refractivity contribution in [1.29, 1.82) is 0 Å². The highest BCUT2D eigenvalue weighted by Crippen LogP contribution is 2.03. The van der Waals surface area contributed by atoms with E-state index in [0.717, 1.165) is 12.0 Å². The van der Waals surface area contributed by atoms with E-state index in [1.54, 1.807) is 6.08 Å². The number of allylic oxidation sites excluding steroid dienone is 1. The predicted octanol–water partition coefficient (Wildman–Crippen LogP) is 2.52. The van der Waals surface area contributed by atoms with Crippen LogP contribution in [0, 0.1) is 5.92 Å². The maximum Gasteiger partial charge on any atom is 0.223 e. The lowest BCUT2D eigenvalue weighted by molar-refractivity contribution is -0.124. The Hall–Kier alpha value is -1.57. The van der Waals surface area contributed by atoms with E-state index < -0.39 is 0 Å². The molecule has 0 aliphatic rings. The van der Waals surface area contributed by atoms with E-state index in [0.29, 0.717) is 6.54 Å². The molecule has 1 atom stereocenters. The highest BCUT2D eigenvalue weighted by Gasteiger charge is 2.09. The smallest absolute Gasteiger partial charge is 0.223 e. The van der Waals surface area contributed by atoms with Crippen molar-refractivity contribution in [2.75, 3.05) is 0 Å². The molecule has 0 bridgehead atoms. The first-order valence-electron chi connectivity index (χ1n) is 5.16. The molecule has 0 fully saturated rings. The van der Waals surface area contributed by atoms with Crippen molar-refractivity contribution >= 4 is 5.91 Å². The van der Waals surface area contributed by atoms with Crippen LogP contribution in [0.2, 0.25) is 0 Å². The zero-order valence-corrected chi connectivity index (χ0v) is 9.07. The molecule has 0 spiro atoms. The molecular formula is C13H17NO. The number of rotatable bonds is 5. The topological polar surface area (TPSA) is 29.1 Å². The standard InChI is InChI=1S/C13H17NO/c1-3-7-11(2)13(15)14-10-12-8-5-4-6-9-12/h3-6,8-9,11H,1,7,10H2,2H3,(H,14,15). The Morgan fingerprint density at radius 1 is 1.47 bits per heavy atom. The third-order valence-electron chi connectivity index (χ3n) is 2.28. The van der Waals surface area contributed by atoms with Gasteiger partial charge >= 0.3 is 0 Å². The van der Waals surface area contributed by atoms with Crippen LogP contribution in [0.15, 0.2) is 43.0 Å². The molecule has 0 aliphatic carbocycles. The zero-order valence-electron chi connectivity index (χ0n) is 9.07. The number of carbonyl (C=O) groups excluding carboxylic acids is 1. The van der Waals surface area contributed by atoms with E-state index in [4.69, 9.17) is 0 Å². The number of hydrogen-bond donors (Lipinski definition) is 1. The van der Waals surface area contributed by atoms with Gasteiger partial charge in [0.25, 0.3) is 0 Å². The lowest BCUT2D eigenvalue weighted by atomic mass is 10.1. The minimum absolute atomic E-state index is 0.00575. The van der Waals surface area contributed by atoms with Crippen LogP contribution in [-0.4, -0.2) is 5.91 Å². The summed E-state index contributed by atoms with van der Waals surface area (Å²) in [4.78, 5) is 11.5. The van der Waals surface area contributed by atoms with Crippen molar-refractivity contribution in [3.05, 3.63) is 48.6 Å². The van der Waals surface area contributed by atoms with Crippen LogP contribution in [0.25, 0.3) is 0 Å². The summed E-state index contributed by atoms with van der Waals surface area (Å²) in [7, 11) is 0. The van der Waals surface area contributed by atoms with Gasteiger partial charge in [-0.15, -0.1) is 6.58 Å². The third kappa shape index (κ3) is 3.98. The van der Waals surface area contributed by atoms with Gasteiger partial charge in [-0.05, 0) is 12.0 Å². The molecule has 1 N–H and O–H groups in total. The van der Waals surface area contributed by atoms with Crippen molar-refractivity contribution in [2.24, 2.45) is 5.92 Å². The first-order valence-corrected chi connectivity index (χ1v) is 5.16. The van der Waals surface area contributed by atoms with Crippen LogP contribution in [0.4, 0.5) is 0 Å². The monoisotopic (exact) mass is 203 g/mol. The van der Waals surface area contributed by atoms with Crippen LogP contribution in [0.1, 0.15) is 18.9 Å². The van der Waals surface area contributed by atoms with Gasteiger partial charge in [0, 0.05) is 12.5 Å². The molecular weight excluding hydrogens is 186 g/mol. The Balaban J connectivity index is 2.37. The second kappa shape index (κ2) is 6.02. The SMILES string of the molecule is C=CCC(C)C(=O)NCc1ccccc1. The number of amides is 1. The molecule has 1 amide bonds. The second-order valence-electron chi connectivity index (χ2n) is 3.63. The van der Waals surface area contributed by atoms with Crippen LogP contribution in [0.3, 0.4) is 0 Å². The van der Waals surface area contributed by atoms with Gasteiger partial charge in [-0.2, -0.15) is 0 Å². The molecule has 0 radical (unpaired) electrons. The summed E-state index contributed by atoms with van der Waals surface area (Å²) in [6.45, 7) is 6.12. The summed E-state index contributed by atoms with van der Waals surface area (Å²) in [6.07, 6.45) is 2.49. The van der Waals surface area contributed by atoms with Crippen molar-refractivity contribution in [2.45, 2.75) is 19.9 Å². The first-order chi connectivity index (χ1) is 7.24. The van der Waals surface area contributed by atoms with Gasteiger partial charge in [0.15, 0.2) is 0 Å². The minimum Gasteiger partial charge on any atom is -0.352 e. The minimum atomic E-state index is 0.00575. The molecule has 15 heavy (non-hydrogen) atoms. The van der Waals surface area contributed by atoms with Gasteiger partial charge < -0.3 is 5.32 Å². The second-order valence-corrected chi connectivity index (χ2v) is 3.63. The van der Waals surface area contributed by atoms with Gasteiger partial charge in [-0.1, -0.05) is 43.3 Å². The molecule has 0 saturated heterocycles. The van der Waals surface area contributed by atoms with Crippen LogP contribution < -0.4 is 5.32 Å². The summed E-state index contributed by atoms with van der Waals surface area (Å²) >= 11 is 0. The normalized spacial score (nSPS) is 11.8. The predicted molar refractivity (Wildman–Crippen MR) is 62.3 cm³/mol. The summed E-state index contributed by atoms with van der Waals surface area (Å²) < 4.78 is 0. The van der Waals surface area contributed by atoms with Crippen LogP contribution in [-0.2, 0) is 11.3 Å². The molecule has 1 unspecified atom stereocenters. The van der Waals surface area contributed by atoms with Crippen LogP contribution >= 0.6 is 0 Å². The summed E-state index contributed by atoms with van der Waals surface area (Å²) in [5.41, 5.74) is 1.12. The Morgan fingerprint density at radius 3 is 2.73 bits per heavy atom. The summed E-state index contributed by atoms with van der Waals surface area (Å²) in [5, 5.41) is 2.90. The Kier molecular flexibility index (Phi) is 4.61. The largest absolute Gasteiger partial charge is 0.352 e. The highest BCUT2D eigenvalue weighted by molar-refractivity contribution is 5.78. The van der Waals surface area contributed by atoms with Gasteiger partial charge in [-0.25, -0.2) is 0 Å². The van der Waals surface area contributed by atoms with E-state index in [1.807, 2.05) is 37.3 Å². The van der Waals surface area contributed by atoms with E-state index >= 15 is 0 Å². The third-order valence-corrected chi connectivity index (χ3v) is 2.28. The average molecular weight is 203 g/mol. The van der Waals surface area contributed by atoms with E-state index in [-0.39, 0.29) is 11.8 Å². The number of nitrogens with one attached hydrogen (secondary N) is 1. The lowest BCUT2D eigenvalue weighted by Gasteiger charge is -2.09. The fraction of sp³-hybridized carbons (Fsp3) is 0.308. The molecule has 0 aromatic heterocycles. The highest BCUT2D eigenvalue weighted by atomic mass is 16.1. The Morgan fingerprint density at radius 2 is 2.13 bits per heavy atom. The fourth-order valence-electron chi connectivity index (χ4n) is 1.32. The zero-order chi connectivity index (χ0) is 11.1. The van der Waals surface area contributed by atoms with Crippen LogP contribution in [0.5, 0.6) is 0 Å². The lowest BCUT2D eigenvalue weighted by Crippen LogP contribution is -2.28. The van der Waals surface area contributed by atoms with Crippen molar-refractivity contribution < 1.29 is 4.79 Å². The van der Waals surface area contributed by atoms with Crippen molar-refractivity contribution in [3.63, 3.8) is 0 Å². The van der Waals surface area contributed by atoms with E-state index in [2.05, 4.69) is 11.9 Å². The van der Waals surface area contributed by atoms with Gasteiger partial charge in [0.05, 0.1) is 0 Å². The first kappa shape index (κ1) is 11.5. The molecule has 1 aromatic carbocycles. The maximum atomic E-state index is 11.5. The van der Waals surface area contributed by atoms with Gasteiger partial charge in [-0.3, -0.25) is 4.79 Å². The molecule has 1 aromatic rings. The van der Waals surface area contributed by atoms with E-state index in [9.17, 15) is 4.79 Å². The molecule has 2 heteroatoms. The summed E-state index contributed by atoms with van der Waals surface area (Å²) in [6, 6.07) is 9.89.